The topological polar surface area (TPSA) is 301 Å². The molecule has 16 nitrogen and oxygen atoms in total. The minimum atomic E-state index is -1.65. The highest BCUT2D eigenvalue weighted by Crippen LogP contribution is 2.04. The summed E-state index contributed by atoms with van der Waals surface area (Å²) in [5.74, 6) is -6.28. The van der Waals surface area contributed by atoms with Gasteiger partial charge in [0.15, 0.2) is 5.96 Å². The van der Waals surface area contributed by atoms with Crippen LogP contribution in [0.5, 0.6) is 0 Å². The number of guanidine groups is 1. The Kier molecular flexibility index (Phi) is 12.5. The fraction of sp³-hybridized carbons (Fsp3) is 0.588. The fourth-order valence-electron chi connectivity index (χ4n) is 2.43. The number of nitrogens with two attached hydrogens (primary N) is 5. The van der Waals surface area contributed by atoms with E-state index in [-0.39, 0.29) is 25.3 Å². The SMILES string of the molecule is CC(N)C(=O)NC(CC(N)=O)C(=O)NC(CCCN=C(N)N)C(=O)NC(CC(N)=O)C(=O)O. The van der Waals surface area contributed by atoms with Crippen LogP contribution in [-0.2, 0) is 28.8 Å². The maximum atomic E-state index is 12.7. The van der Waals surface area contributed by atoms with Gasteiger partial charge in [0.05, 0.1) is 18.9 Å². The van der Waals surface area contributed by atoms with Gasteiger partial charge in [0.25, 0.3) is 0 Å². The average molecular weight is 473 g/mol. The summed E-state index contributed by atoms with van der Waals surface area (Å²) in [6.07, 6.45) is -1.17. The first-order valence-electron chi connectivity index (χ1n) is 9.76. The second-order valence-corrected chi connectivity index (χ2v) is 7.10. The number of aliphatic carboxylic acids is 1. The number of nitrogens with one attached hydrogen (secondary N) is 3. The van der Waals surface area contributed by atoms with Gasteiger partial charge in [-0.05, 0) is 19.8 Å². The van der Waals surface area contributed by atoms with Crippen LogP contribution < -0.4 is 44.6 Å². The predicted molar refractivity (Wildman–Crippen MR) is 115 cm³/mol. The van der Waals surface area contributed by atoms with Gasteiger partial charge in [-0.3, -0.25) is 29.0 Å². The third-order valence-corrected chi connectivity index (χ3v) is 4.05. The average Bonchev–Trinajstić information content (AvgIpc) is 2.67. The molecule has 4 atom stereocenters. The lowest BCUT2D eigenvalue weighted by molar-refractivity contribution is -0.144. The van der Waals surface area contributed by atoms with Crippen molar-refractivity contribution >= 4 is 41.5 Å². The highest BCUT2D eigenvalue weighted by molar-refractivity contribution is 5.96. The molecule has 0 aliphatic rings. The zero-order valence-corrected chi connectivity index (χ0v) is 18.1. The molecular formula is C17H31N9O7. The minimum Gasteiger partial charge on any atom is -0.480 e. The molecule has 33 heavy (non-hydrogen) atoms. The molecule has 0 saturated carbocycles. The summed E-state index contributed by atoms with van der Waals surface area (Å²) in [5.41, 5.74) is 26.0. The molecule has 0 radical (unpaired) electrons. The molecule has 4 unspecified atom stereocenters. The predicted octanol–water partition coefficient (Wildman–Crippen LogP) is -5.32. The molecule has 186 valence electrons. The monoisotopic (exact) mass is 473 g/mol. The number of carbonyl (C=O) groups is 6. The molecule has 0 aromatic carbocycles. The summed E-state index contributed by atoms with van der Waals surface area (Å²) in [5, 5.41) is 15.8. The van der Waals surface area contributed by atoms with Crippen molar-refractivity contribution < 1.29 is 33.9 Å². The number of carboxylic acids is 1. The Hall–Kier alpha value is -3.95. The van der Waals surface area contributed by atoms with Gasteiger partial charge in [-0.1, -0.05) is 0 Å². The molecule has 5 amide bonds. The minimum absolute atomic E-state index is 0.0677. The molecule has 16 heteroatoms. The van der Waals surface area contributed by atoms with Crippen LogP contribution in [0.25, 0.3) is 0 Å². The van der Waals surface area contributed by atoms with E-state index in [0.29, 0.717) is 0 Å². The third kappa shape index (κ3) is 12.5. The lowest BCUT2D eigenvalue weighted by Gasteiger charge is -2.24. The van der Waals surface area contributed by atoms with Crippen molar-refractivity contribution in [3.63, 3.8) is 0 Å². The fourth-order valence-corrected chi connectivity index (χ4v) is 2.43. The van der Waals surface area contributed by atoms with E-state index >= 15 is 0 Å². The number of hydrogen-bond acceptors (Lipinski definition) is 8. The summed E-state index contributed by atoms with van der Waals surface area (Å²) in [4.78, 5) is 74.6. The number of carboxylic acid groups (broad SMARTS) is 1. The van der Waals surface area contributed by atoms with Crippen LogP contribution in [0.2, 0.25) is 0 Å². The molecule has 0 aromatic rings. The summed E-state index contributed by atoms with van der Waals surface area (Å²) >= 11 is 0. The molecule has 0 aliphatic heterocycles. The van der Waals surface area contributed by atoms with Crippen molar-refractivity contribution in [1.82, 2.24) is 16.0 Å². The zero-order valence-electron chi connectivity index (χ0n) is 18.1. The zero-order chi connectivity index (χ0) is 25.7. The Morgan fingerprint density at radius 2 is 1.24 bits per heavy atom. The van der Waals surface area contributed by atoms with Crippen molar-refractivity contribution in [3.05, 3.63) is 0 Å². The van der Waals surface area contributed by atoms with E-state index in [0.717, 1.165) is 0 Å². The number of primary amides is 2. The molecule has 0 fully saturated rings. The molecular weight excluding hydrogens is 442 g/mol. The van der Waals surface area contributed by atoms with Gasteiger partial charge >= 0.3 is 5.97 Å². The summed E-state index contributed by atoms with van der Waals surface area (Å²) in [6.45, 7) is 1.43. The number of rotatable bonds is 15. The van der Waals surface area contributed by atoms with Gasteiger partial charge in [0.2, 0.25) is 29.5 Å². The van der Waals surface area contributed by atoms with Crippen molar-refractivity contribution in [2.45, 2.75) is 56.8 Å². The lowest BCUT2D eigenvalue weighted by Crippen LogP contribution is -2.57. The molecule has 0 aromatic heterocycles. The van der Waals surface area contributed by atoms with Gasteiger partial charge in [0, 0.05) is 6.54 Å². The molecule has 0 rings (SSSR count). The largest absolute Gasteiger partial charge is 0.480 e. The van der Waals surface area contributed by atoms with Gasteiger partial charge < -0.3 is 49.7 Å². The lowest BCUT2D eigenvalue weighted by atomic mass is 10.1. The number of hydrogen-bond donors (Lipinski definition) is 9. The van der Waals surface area contributed by atoms with E-state index in [9.17, 15) is 33.9 Å². The quantitative estimate of drug-likeness (QED) is 0.0617. The normalized spacial score (nSPS) is 14.0. The Bertz CT molecular complexity index is 781. The van der Waals surface area contributed by atoms with E-state index in [1.54, 1.807) is 0 Å². The molecule has 14 N–H and O–H groups in total. The van der Waals surface area contributed by atoms with Crippen LogP contribution in [-0.4, -0.2) is 77.3 Å². The molecule has 0 heterocycles. The van der Waals surface area contributed by atoms with E-state index in [4.69, 9.17) is 28.7 Å². The van der Waals surface area contributed by atoms with Gasteiger partial charge in [-0.15, -0.1) is 0 Å². The highest BCUT2D eigenvalue weighted by Gasteiger charge is 2.31. The first-order chi connectivity index (χ1) is 15.2. The Balaban J connectivity index is 5.59. The number of nitrogens with zero attached hydrogens (tertiary/aromatic N) is 1. The second kappa shape index (κ2) is 14.2. The van der Waals surface area contributed by atoms with Crippen LogP contribution in [0.4, 0.5) is 0 Å². The third-order valence-electron chi connectivity index (χ3n) is 4.05. The smallest absolute Gasteiger partial charge is 0.326 e. The standard InChI is InChI=1S/C17H31N9O7/c1-7(18)13(29)25-9(5-11(19)27)15(31)24-8(3-2-4-23-17(21)22)14(30)26-10(16(32)33)6-12(20)28/h7-10H,2-6,18H2,1H3,(H2,19,27)(H2,20,28)(H,24,31)(H,25,29)(H,26,30)(H,32,33)(H4,21,22,23). The Morgan fingerprint density at radius 1 is 0.788 bits per heavy atom. The van der Waals surface area contributed by atoms with Gasteiger partial charge in [-0.2, -0.15) is 0 Å². The maximum Gasteiger partial charge on any atom is 0.326 e. The molecule has 0 spiro atoms. The molecule has 0 saturated heterocycles. The number of amides is 5. The highest BCUT2D eigenvalue weighted by atomic mass is 16.4. The van der Waals surface area contributed by atoms with E-state index < -0.39 is 72.5 Å². The maximum absolute atomic E-state index is 12.7. The van der Waals surface area contributed by atoms with Crippen molar-refractivity contribution in [2.75, 3.05) is 6.54 Å². The summed E-state index contributed by atoms with van der Waals surface area (Å²) in [7, 11) is 0. The van der Waals surface area contributed by atoms with Gasteiger partial charge in [-0.25, -0.2) is 4.79 Å². The van der Waals surface area contributed by atoms with Crippen LogP contribution >= 0.6 is 0 Å². The van der Waals surface area contributed by atoms with Gasteiger partial charge in [0.1, 0.15) is 18.1 Å². The summed E-state index contributed by atoms with van der Waals surface area (Å²) in [6, 6.07) is -5.44. The second-order valence-electron chi connectivity index (χ2n) is 7.10. The first-order valence-corrected chi connectivity index (χ1v) is 9.76. The van der Waals surface area contributed by atoms with Crippen molar-refractivity contribution in [3.8, 4) is 0 Å². The Labute approximate surface area is 189 Å². The summed E-state index contributed by atoms with van der Waals surface area (Å²) < 4.78 is 0. The van der Waals surface area contributed by atoms with E-state index in [2.05, 4.69) is 20.9 Å². The van der Waals surface area contributed by atoms with Crippen molar-refractivity contribution in [2.24, 2.45) is 33.7 Å². The molecule has 0 aliphatic carbocycles. The van der Waals surface area contributed by atoms with E-state index in [1.165, 1.54) is 6.92 Å². The number of carbonyl (C=O) groups excluding carboxylic acids is 5. The van der Waals surface area contributed by atoms with Crippen LogP contribution in [0, 0.1) is 0 Å². The van der Waals surface area contributed by atoms with Crippen LogP contribution in [0.3, 0.4) is 0 Å². The number of aliphatic imine (C=N–C) groups is 1. The van der Waals surface area contributed by atoms with Crippen molar-refractivity contribution in [1.29, 1.82) is 0 Å². The van der Waals surface area contributed by atoms with Crippen LogP contribution in [0.15, 0.2) is 4.99 Å². The first kappa shape index (κ1) is 29.0. The molecule has 0 bridgehead atoms. The Morgan fingerprint density at radius 3 is 1.70 bits per heavy atom. The van der Waals surface area contributed by atoms with Crippen LogP contribution in [0.1, 0.15) is 32.6 Å². The van der Waals surface area contributed by atoms with E-state index in [1.807, 2.05) is 0 Å².